The number of amides is 1. The number of aromatic nitrogens is 1. The second kappa shape index (κ2) is 4.92. The molecule has 5 heteroatoms. The highest BCUT2D eigenvalue weighted by Crippen LogP contribution is 2.26. The Balaban J connectivity index is 2.23. The predicted octanol–water partition coefficient (Wildman–Crippen LogP) is 1.46. The molecule has 1 saturated heterocycles. The summed E-state index contributed by atoms with van der Waals surface area (Å²) in [5.41, 5.74) is 0.170. The Kier molecular flexibility index (Phi) is 3.52. The monoisotopic (exact) mass is 254 g/mol. The van der Waals surface area contributed by atoms with Gasteiger partial charge in [-0.05, 0) is 18.4 Å². The van der Waals surface area contributed by atoms with Crippen LogP contribution in [0.15, 0.2) is 23.1 Å². The normalized spacial score (nSPS) is 24.0. The van der Waals surface area contributed by atoms with Crippen LogP contribution >= 0.6 is 11.6 Å². The van der Waals surface area contributed by atoms with Gasteiger partial charge in [-0.15, -0.1) is 11.6 Å². The number of rotatable bonds is 2. The van der Waals surface area contributed by atoms with Crippen LogP contribution in [0.5, 0.6) is 0 Å². The van der Waals surface area contributed by atoms with E-state index in [1.54, 1.807) is 11.0 Å². The van der Waals surface area contributed by atoms with Crippen LogP contribution in [0.25, 0.3) is 0 Å². The van der Waals surface area contributed by atoms with Crippen LogP contribution in [-0.4, -0.2) is 34.3 Å². The Hall–Kier alpha value is -1.29. The van der Waals surface area contributed by atoms with Crippen molar-refractivity contribution >= 4 is 17.5 Å². The summed E-state index contributed by atoms with van der Waals surface area (Å²) in [6.07, 6.45) is 2.46. The number of hydrogen-bond acceptors (Lipinski definition) is 2. The van der Waals surface area contributed by atoms with E-state index in [2.05, 4.69) is 11.9 Å². The lowest BCUT2D eigenvalue weighted by atomic mass is 10.0. The first-order chi connectivity index (χ1) is 8.13. The molecule has 1 aliphatic rings. The van der Waals surface area contributed by atoms with Crippen LogP contribution in [-0.2, 0) is 0 Å². The summed E-state index contributed by atoms with van der Waals surface area (Å²) in [5.74, 6) is 0.750. The summed E-state index contributed by atoms with van der Waals surface area (Å²) < 4.78 is 0. The van der Waals surface area contributed by atoms with Gasteiger partial charge in [0.1, 0.15) is 0 Å². The third-order valence-corrected chi connectivity index (χ3v) is 3.64. The molecular formula is C12H15ClN2O2. The molecule has 0 bridgehead atoms. The molecule has 92 valence electrons. The lowest BCUT2D eigenvalue weighted by Gasteiger charge is -2.25. The number of pyridine rings is 1. The highest BCUT2D eigenvalue weighted by atomic mass is 35.5. The number of nitrogens with one attached hydrogen (secondary N) is 1. The molecule has 1 amide bonds. The molecule has 2 atom stereocenters. The minimum Gasteiger partial charge on any atom is -0.334 e. The maximum Gasteiger partial charge on any atom is 0.254 e. The summed E-state index contributed by atoms with van der Waals surface area (Å²) in [6.45, 7) is 2.81. The molecule has 1 aliphatic heterocycles. The zero-order valence-corrected chi connectivity index (χ0v) is 10.4. The lowest BCUT2D eigenvalue weighted by Crippen LogP contribution is -2.39. The first-order valence-corrected chi connectivity index (χ1v) is 6.22. The molecule has 0 spiro atoms. The molecule has 1 N–H and O–H groups in total. The van der Waals surface area contributed by atoms with Crippen molar-refractivity contribution in [2.45, 2.75) is 19.4 Å². The SMILES string of the molecule is CC1CCN(C(=O)c2cc[nH]c(=O)c2)C1CCl. The van der Waals surface area contributed by atoms with Crippen molar-refractivity contribution in [2.75, 3.05) is 12.4 Å². The Morgan fingerprint density at radius 2 is 2.41 bits per heavy atom. The molecule has 2 rings (SSSR count). The van der Waals surface area contributed by atoms with Crippen molar-refractivity contribution in [1.29, 1.82) is 0 Å². The van der Waals surface area contributed by atoms with E-state index in [1.807, 2.05) is 0 Å². The molecule has 0 aromatic carbocycles. The van der Waals surface area contributed by atoms with Gasteiger partial charge >= 0.3 is 0 Å². The second-order valence-electron chi connectivity index (χ2n) is 4.43. The van der Waals surface area contributed by atoms with E-state index in [-0.39, 0.29) is 17.5 Å². The molecular weight excluding hydrogens is 240 g/mol. The smallest absolute Gasteiger partial charge is 0.254 e. The van der Waals surface area contributed by atoms with Crippen molar-refractivity contribution in [1.82, 2.24) is 9.88 Å². The van der Waals surface area contributed by atoms with Gasteiger partial charge in [0.25, 0.3) is 5.91 Å². The number of nitrogens with zero attached hydrogens (tertiary/aromatic N) is 1. The minimum absolute atomic E-state index is 0.0726. The first-order valence-electron chi connectivity index (χ1n) is 5.69. The van der Waals surface area contributed by atoms with Gasteiger partial charge in [-0.2, -0.15) is 0 Å². The van der Waals surface area contributed by atoms with Crippen molar-refractivity contribution in [3.63, 3.8) is 0 Å². The van der Waals surface area contributed by atoms with E-state index >= 15 is 0 Å². The van der Waals surface area contributed by atoms with Gasteiger partial charge in [0.15, 0.2) is 0 Å². The Morgan fingerprint density at radius 1 is 1.65 bits per heavy atom. The van der Waals surface area contributed by atoms with Crippen molar-refractivity contribution in [3.8, 4) is 0 Å². The largest absolute Gasteiger partial charge is 0.334 e. The molecule has 4 nitrogen and oxygen atoms in total. The number of hydrogen-bond donors (Lipinski definition) is 1. The Labute approximate surface area is 105 Å². The Bertz CT molecular complexity index is 472. The summed E-state index contributed by atoms with van der Waals surface area (Å²) in [4.78, 5) is 27.7. The number of aromatic amines is 1. The highest BCUT2D eigenvalue weighted by molar-refractivity contribution is 6.18. The van der Waals surface area contributed by atoms with Gasteiger partial charge < -0.3 is 9.88 Å². The lowest BCUT2D eigenvalue weighted by molar-refractivity contribution is 0.0737. The molecule has 1 aromatic rings. The molecule has 2 heterocycles. The maximum absolute atomic E-state index is 12.2. The molecule has 2 unspecified atom stereocenters. The van der Waals surface area contributed by atoms with Gasteiger partial charge in [-0.25, -0.2) is 0 Å². The van der Waals surface area contributed by atoms with E-state index < -0.39 is 0 Å². The molecule has 0 aliphatic carbocycles. The van der Waals surface area contributed by atoms with Crippen molar-refractivity contribution in [3.05, 3.63) is 34.2 Å². The van der Waals surface area contributed by atoms with Crippen LogP contribution < -0.4 is 5.56 Å². The molecule has 1 aromatic heterocycles. The summed E-state index contributed by atoms with van der Waals surface area (Å²) in [5, 5.41) is 0. The van der Waals surface area contributed by atoms with Gasteiger partial charge in [0, 0.05) is 36.3 Å². The summed E-state index contributed by atoms with van der Waals surface area (Å²) in [6, 6.07) is 3.03. The number of halogens is 1. The summed E-state index contributed by atoms with van der Waals surface area (Å²) in [7, 11) is 0. The van der Waals surface area contributed by atoms with Crippen LogP contribution in [0.1, 0.15) is 23.7 Å². The minimum atomic E-state index is -0.259. The van der Waals surface area contributed by atoms with E-state index in [0.717, 1.165) is 6.42 Å². The standard InChI is InChI=1S/C12H15ClN2O2/c1-8-3-5-15(10(8)7-13)12(17)9-2-4-14-11(16)6-9/h2,4,6,8,10H,3,5,7H2,1H3,(H,14,16). The van der Waals surface area contributed by atoms with Crippen molar-refractivity contribution in [2.24, 2.45) is 5.92 Å². The van der Waals surface area contributed by atoms with Crippen LogP contribution in [0.2, 0.25) is 0 Å². The van der Waals surface area contributed by atoms with E-state index in [4.69, 9.17) is 11.6 Å². The average Bonchev–Trinajstić information content (AvgIpc) is 2.69. The van der Waals surface area contributed by atoms with E-state index in [9.17, 15) is 9.59 Å². The van der Waals surface area contributed by atoms with Gasteiger partial charge in [0.05, 0.1) is 0 Å². The number of carbonyl (C=O) groups is 1. The third-order valence-electron chi connectivity index (χ3n) is 3.32. The zero-order chi connectivity index (χ0) is 12.4. The molecule has 0 saturated carbocycles. The van der Waals surface area contributed by atoms with Gasteiger partial charge in [-0.1, -0.05) is 6.92 Å². The van der Waals surface area contributed by atoms with Crippen LogP contribution in [0.3, 0.4) is 0 Å². The number of H-pyrrole nitrogens is 1. The first kappa shape index (κ1) is 12.2. The van der Waals surface area contributed by atoms with Gasteiger partial charge in [-0.3, -0.25) is 9.59 Å². The fourth-order valence-electron chi connectivity index (χ4n) is 2.24. The number of alkyl halides is 1. The van der Waals surface area contributed by atoms with Crippen LogP contribution in [0.4, 0.5) is 0 Å². The number of likely N-dealkylation sites (tertiary alicyclic amines) is 1. The molecule has 17 heavy (non-hydrogen) atoms. The second-order valence-corrected chi connectivity index (χ2v) is 4.74. The molecule has 1 fully saturated rings. The van der Waals surface area contributed by atoms with Gasteiger partial charge in [0.2, 0.25) is 5.56 Å². The predicted molar refractivity (Wildman–Crippen MR) is 66.4 cm³/mol. The third kappa shape index (κ3) is 2.36. The van der Waals surface area contributed by atoms with E-state index in [0.29, 0.717) is 23.9 Å². The number of carbonyl (C=O) groups excluding carboxylic acids is 1. The Morgan fingerprint density at radius 3 is 3.06 bits per heavy atom. The quantitative estimate of drug-likeness (QED) is 0.813. The molecule has 0 radical (unpaired) electrons. The highest BCUT2D eigenvalue weighted by Gasteiger charge is 2.34. The zero-order valence-electron chi connectivity index (χ0n) is 9.65. The topological polar surface area (TPSA) is 53.2 Å². The summed E-state index contributed by atoms with van der Waals surface area (Å²) >= 11 is 5.90. The van der Waals surface area contributed by atoms with Crippen molar-refractivity contribution < 1.29 is 4.79 Å². The average molecular weight is 255 g/mol. The van der Waals surface area contributed by atoms with E-state index in [1.165, 1.54) is 12.3 Å². The fraction of sp³-hybridized carbons (Fsp3) is 0.500. The maximum atomic E-state index is 12.2. The van der Waals surface area contributed by atoms with Crippen LogP contribution in [0, 0.1) is 5.92 Å². The fourth-order valence-corrected chi connectivity index (χ4v) is 2.71.